The van der Waals surface area contributed by atoms with E-state index in [-0.39, 0.29) is 0 Å². The second-order valence-electron chi connectivity index (χ2n) is 2.90. The van der Waals surface area contributed by atoms with Crippen LogP contribution in [-0.2, 0) is 13.0 Å². The zero-order valence-corrected chi connectivity index (χ0v) is 9.74. The zero-order valence-electron chi connectivity index (χ0n) is 8.92. The smallest absolute Gasteiger partial charge is 0.191 e. The fourth-order valence-corrected chi connectivity index (χ4v) is 2.06. The maximum absolute atomic E-state index is 4.05. The second-order valence-corrected chi connectivity index (χ2v) is 4.15. The zero-order chi connectivity index (χ0) is 10.4. The first-order chi connectivity index (χ1) is 6.80. The molecule has 0 radical (unpaired) electrons. The Balaban J connectivity index is 2.45. The largest absolute Gasteiger partial charge is 0.359 e. The number of guanidine groups is 1. The number of rotatable bonds is 3. The minimum absolute atomic E-state index is 0.830. The summed E-state index contributed by atoms with van der Waals surface area (Å²) in [5.41, 5.74) is 0. The van der Waals surface area contributed by atoms with E-state index >= 15 is 0 Å². The molecule has 0 saturated heterocycles. The van der Waals surface area contributed by atoms with Gasteiger partial charge >= 0.3 is 0 Å². The minimum atomic E-state index is 0.830. The molecule has 4 heteroatoms. The Hall–Kier alpha value is -1.03. The Kier molecular flexibility index (Phi) is 4.46. The van der Waals surface area contributed by atoms with Gasteiger partial charge in [0.2, 0.25) is 0 Å². The molecule has 0 spiro atoms. The number of nitrogens with zero attached hydrogens (tertiary/aromatic N) is 1. The summed E-state index contributed by atoms with van der Waals surface area (Å²) in [5, 5.41) is 6.21. The second kappa shape index (κ2) is 5.65. The van der Waals surface area contributed by atoms with Crippen molar-refractivity contribution in [1.82, 2.24) is 10.6 Å². The van der Waals surface area contributed by atoms with Crippen molar-refractivity contribution in [3.63, 3.8) is 0 Å². The molecule has 1 rings (SSSR count). The van der Waals surface area contributed by atoms with E-state index in [9.17, 15) is 0 Å². The molecule has 0 aliphatic heterocycles. The van der Waals surface area contributed by atoms with Gasteiger partial charge in [-0.25, -0.2) is 0 Å². The first-order valence-electron chi connectivity index (χ1n) is 4.76. The molecule has 78 valence electrons. The first-order valence-corrected chi connectivity index (χ1v) is 5.57. The topological polar surface area (TPSA) is 36.4 Å². The van der Waals surface area contributed by atoms with Crippen molar-refractivity contribution in [1.29, 1.82) is 0 Å². The number of thiophene rings is 1. The van der Waals surface area contributed by atoms with Crippen molar-refractivity contribution < 1.29 is 0 Å². The molecule has 14 heavy (non-hydrogen) atoms. The van der Waals surface area contributed by atoms with E-state index in [1.165, 1.54) is 9.75 Å². The molecule has 0 aromatic carbocycles. The van der Waals surface area contributed by atoms with Crippen molar-refractivity contribution >= 4 is 17.3 Å². The van der Waals surface area contributed by atoms with Crippen LogP contribution in [0.25, 0.3) is 0 Å². The lowest BCUT2D eigenvalue weighted by atomic mass is 10.4. The molecular weight excluding hydrogens is 194 g/mol. The van der Waals surface area contributed by atoms with Gasteiger partial charge in [-0.1, -0.05) is 6.92 Å². The van der Waals surface area contributed by atoms with Gasteiger partial charge in [0.15, 0.2) is 5.96 Å². The Morgan fingerprint density at radius 1 is 1.43 bits per heavy atom. The van der Waals surface area contributed by atoms with Crippen LogP contribution in [0.2, 0.25) is 0 Å². The van der Waals surface area contributed by atoms with Crippen LogP contribution >= 0.6 is 11.3 Å². The molecule has 0 bridgehead atoms. The lowest BCUT2D eigenvalue weighted by Gasteiger charge is -2.06. The highest BCUT2D eigenvalue weighted by molar-refractivity contribution is 7.11. The van der Waals surface area contributed by atoms with E-state index in [1.54, 1.807) is 7.05 Å². The third-order valence-electron chi connectivity index (χ3n) is 1.96. The van der Waals surface area contributed by atoms with E-state index < -0.39 is 0 Å². The van der Waals surface area contributed by atoms with Gasteiger partial charge in [-0.2, -0.15) is 0 Å². The van der Waals surface area contributed by atoms with Gasteiger partial charge in [0.05, 0.1) is 6.54 Å². The lowest BCUT2D eigenvalue weighted by molar-refractivity contribution is 0.879. The maximum Gasteiger partial charge on any atom is 0.191 e. The van der Waals surface area contributed by atoms with Gasteiger partial charge < -0.3 is 10.6 Å². The Labute approximate surface area is 89.3 Å². The SMILES string of the molecule is CCc1ccc(CNC(=NC)NC)s1. The number of hydrogen-bond acceptors (Lipinski definition) is 2. The van der Waals surface area contributed by atoms with Crippen LogP contribution in [0.1, 0.15) is 16.7 Å². The summed E-state index contributed by atoms with van der Waals surface area (Å²) in [6.45, 7) is 3.02. The third-order valence-corrected chi connectivity index (χ3v) is 3.19. The average molecular weight is 211 g/mol. The molecule has 0 fully saturated rings. The van der Waals surface area contributed by atoms with Crippen molar-refractivity contribution in [3.05, 3.63) is 21.9 Å². The summed E-state index contributed by atoms with van der Waals surface area (Å²) in [5.74, 6) is 0.830. The van der Waals surface area contributed by atoms with Gasteiger partial charge in [-0.3, -0.25) is 4.99 Å². The highest BCUT2D eigenvalue weighted by Crippen LogP contribution is 2.16. The Bertz CT molecular complexity index is 304. The molecule has 0 aliphatic rings. The molecule has 1 heterocycles. The van der Waals surface area contributed by atoms with Crippen molar-refractivity contribution in [2.75, 3.05) is 14.1 Å². The van der Waals surface area contributed by atoms with Gasteiger partial charge in [-0.05, 0) is 18.6 Å². The first kappa shape index (κ1) is 11.0. The quantitative estimate of drug-likeness (QED) is 0.588. The number of aliphatic imine (C=N–C) groups is 1. The molecular formula is C10H17N3S. The fourth-order valence-electron chi connectivity index (χ4n) is 1.16. The van der Waals surface area contributed by atoms with E-state index in [2.05, 4.69) is 34.7 Å². The average Bonchev–Trinajstić information content (AvgIpc) is 2.67. The standard InChI is InChI=1S/C10H17N3S/c1-4-8-5-6-9(14-8)7-13-10(11-2)12-3/h5-6H,4,7H2,1-3H3,(H2,11,12,13). The van der Waals surface area contributed by atoms with Gasteiger partial charge in [0.25, 0.3) is 0 Å². The molecule has 1 aromatic heterocycles. The van der Waals surface area contributed by atoms with Gasteiger partial charge in [0.1, 0.15) is 0 Å². The van der Waals surface area contributed by atoms with Crippen LogP contribution in [0.15, 0.2) is 17.1 Å². The van der Waals surface area contributed by atoms with Crippen molar-refractivity contribution in [2.45, 2.75) is 19.9 Å². The predicted molar refractivity (Wildman–Crippen MR) is 63.0 cm³/mol. The van der Waals surface area contributed by atoms with Crippen LogP contribution < -0.4 is 10.6 Å². The summed E-state index contributed by atoms with van der Waals surface area (Å²) in [7, 11) is 3.63. The van der Waals surface area contributed by atoms with Crippen LogP contribution in [0.4, 0.5) is 0 Å². The van der Waals surface area contributed by atoms with Gasteiger partial charge in [-0.15, -0.1) is 11.3 Å². The molecule has 0 saturated carbocycles. The normalized spacial score (nSPS) is 11.5. The molecule has 0 atom stereocenters. The number of hydrogen-bond donors (Lipinski definition) is 2. The maximum atomic E-state index is 4.05. The molecule has 1 aromatic rings. The monoisotopic (exact) mass is 211 g/mol. The molecule has 3 nitrogen and oxygen atoms in total. The summed E-state index contributed by atoms with van der Waals surface area (Å²) in [4.78, 5) is 6.82. The number of aryl methyl sites for hydroxylation is 1. The Morgan fingerprint density at radius 3 is 2.64 bits per heavy atom. The van der Waals surface area contributed by atoms with Crippen molar-refractivity contribution in [3.8, 4) is 0 Å². The number of nitrogens with one attached hydrogen (secondary N) is 2. The summed E-state index contributed by atoms with van der Waals surface area (Å²) in [6.07, 6.45) is 1.12. The summed E-state index contributed by atoms with van der Waals surface area (Å²) in [6, 6.07) is 4.35. The summed E-state index contributed by atoms with van der Waals surface area (Å²) >= 11 is 1.85. The van der Waals surface area contributed by atoms with E-state index in [0.29, 0.717) is 0 Å². The predicted octanol–water partition coefficient (Wildman–Crippen LogP) is 1.61. The lowest BCUT2D eigenvalue weighted by Crippen LogP contribution is -2.33. The van der Waals surface area contributed by atoms with Crippen LogP contribution in [0, 0.1) is 0 Å². The van der Waals surface area contributed by atoms with Crippen LogP contribution in [0.5, 0.6) is 0 Å². The van der Waals surface area contributed by atoms with E-state index in [1.807, 2.05) is 18.4 Å². The van der Waals surface area contributed by atoms with E-state index in [4.69, 9.17) is 0 Å². The Morgan fingerprint density at radius 2 is 2.14 bits per heavy atom. The molecule has 0 amide bonds. The highest BCUT2D eigenvalue weighted by atomic mass is 32.1. The van der Waals surface area contributed by atoms with Crippen molar-refractivity contribution in [2.24, 2.45) is 4.99 Å². The fraction of sp³-hybridized carbons (Fsp3) is 0.500. The van der Waals surface area contributed by atoms with Crippen LogP contribution in [0.3, 0.4) is 0 Å². The van der Waals surface area contributed by atoms with E-state index in [0.717, 1.165) is 18.9 Å². The molecule has 2 N–H and O–H groups in total. The molecule has 0 unspecified atom stereocenters. The molecule has 0 aliphatic carbocycles. The van der Waals surface area contributed by atoms with Crippen LogP contribution in [-0.4, -0.2) is 20.1 Å². The minimum Gasteiger partial charge on any atom is -0.359 e. The van der Waals surface area contributed by atoms with Gasteiger partial charge in [0, 0.05) is 23.8 Å². The summed E-state index contributed by atoms with van der Waals surface area (Å²) < 4.78 is 0. The highest BCUT2D eigenvalue weighted by Gasteiger charge is 1.99. The third kappa shape index (κ3) is 3.03.